The second-order valence-electron chi connectivity index (χ2n) is 7.54. The molecule has 0 saturated carbocycles. The molecule has 7 nitrogen and oxygen atoms in total. The smallest absolute Gasteiger partial charge is 0.333 e. The molecule has 0 amide bonds. The zero-order valence-corrected chi connectivity index (χ0v) is 19.3. The number of anilines is 2. The van der Waals surface area contributed by atoms with E-state index in [2.05, 4.69) is 57.9 Å². The van der Waals surface area contributed by atoms with Crippen LogP contribution < -0.4 is 10.6 Å². The monoisotopic (exact) mass is 466 g/mol. The van der Waals surface area contributed by atoms with Crippen LogP contribution in [0.5, 0.6) is 0 Å². The van der Waals surface area contributed by atoms with Crippen LogP contribution in [-0.4, -0.2) is 41.9 Å². The van der Waals surface area contributed by atoms with E-state index < -0.39 is 0 Å². The van der Waals surface area contributed by atoms with Crippen LogP contribution in [0.15, 0.2) is 48.1 Å². The van der Waals surface area contributed by atoms with E-state index in [4.69, 9.17) is 9.47 Å². The molecule has 2 atom stereocenters. The number of methoxy groups -OCH3 is 1. The predicted octanol–water partition coefficient (Wildman–Crippen LogP) is 4.93. The summed E-state index contributed by atoms with van der Waals surface area (Å²) in [7, 11) is 1.48. The highest BCUT2D eigenvalue weighted by Gasteiger charge is 2.25. The number of nitrogens with one attached hydrogen (secondary N) is 2. The van der Waals surface area contributed by atoms with Crippen LogP contribution in [0, 0.1) is 0 Å². The summed E-state index contributed by atoms with van der Waals surface area (Å²) in [5, 5.41) is 7.97. The number of fused-ring (bicyclic) bond motifs is 2. The van der Waals surface area contributed by atoms with Gasteiger partial charge in [-0.1, -0.05) is 6.08 Å². The summed E-state index contributed by atoms with van der Waals surface area (Å²) in [6.07, 6.45) is 4.23. The first-order chi connectivity index (χ1) is 15.6. The number of ether oxygens (including phenoxy) is 2. The van der Waals surface area contributed by atoms with E-state index in [9.17, 15) is 4.79 Å². The van der Waals surface area contributed by atoms with Gasteiger partial charge in [0.1, 0.15) is 11.4 Å². The number of hydrogen-bond acceptors (Lipinski definition) is 9. The average molecular weight is 467 g/mol. The summed E-state index contributed by atoms with van der Waals surface area (Å²) in [6, 6.07) is 10.4. The quantitative estimate of drug-likeness (QED) is 0.390. The molecular formula is C23H22N4O3S2. The number of pyridine rings is 1. The van der Waals surface area contributed by atoms with Crippen molar-refractivity contribution in [1.29, 1.82) is 0 Å². The molecule has 1 aliphatic rings. The zero-order chi connectivity index (χ0) is 22.1. The molecule has 164 valence electrons. The predicted molar refractivity (Wildman–Crippen MR) is 129 cm³/mol. The fourth-order valence-electron chi connectivity index (χ4n) is 3.84. The van der Waals surface area contributed by atoms with Gasteiger partial charge in [0.05, 0.1) is 21.4 Å². The molecule has 4 aromatic rings. The van der Waals surface area contributed by atoms with E-state index in [1.165, 1.54) is 17.4 Å². The summed E-state index contributed by atoms with van der Waals surface area (Å²) in [4.78, 5) is 22.8. The van der Waals surface area contributed by atoms with Gasteiger partial charge in [0, 0.05) is 41.7 Å². The Hall–Kier alpha value is -2.85. The molecule has 32 heavy (non-hydrogen) atoms. The molecule has 1 aromatic carbocycles. The van der Waals surface area contributed by atoms with Gasteiger partial charge in [-0.05, 0) is 42.8 Å². The van der Waals surface area contributed by atoms with Gasteiger partial charge >= 0.3 is 5.97 Å². The van der Waals surface area contributed by atoms with Gasteiger partial charge < -0.3 is 14.8 Å². The van der Waals surface area contributed by atoms with Crippen molar-refractivity contribution in [2.24, 2.45) is 0 Å². The molecule has 2 N–H and O–H groups in total. The maximum Gasteiger partial charge on any atom is 0.333 e. The number of carbonyl (C=O) groups is 1. The lowest BCUT2D eigenvalue weighted by Crippen LogP contribution is -2.43. The van der Waals surface area contributed by atoms with Crippen LogP contribution in [0.1, 0.15) is 18.2 Å². The summed E-state index contributed by atoms with van der Waals surface area (Å²) in [5.74, 6) is -0.369. The Morgan fingerprint density at radius 3 is 3.03 bits per heavy atom. The fourth-order valence-corrected chi connectivity index (χ4v) is 5.65. The summed E-state index contributed by atoms with van der Waals surface area (Å²) < 4.78 is 11.4. The van der Waals surface area contributed by atoms with Crippen molar-refractivity contribution in [3.8, 4) is 0 Å². The summed E-state index contributed by atoms with van der Waals surface area (Å²) >= 11 is 3.30. The molecule has 0 fully saturated rings. The normalized spacial score (nSPS) is 18.6. The Labute approximate surface area is 193 Å². The average Bonchev–Trinajstić information content (AvgIpc) is 3.41. The Kier molecular flexibility index (Phi) is 5.88. The van der Waals surface area contributed by atoms with Crippen molar-refractivity contribution in [3.05, 3.63) is 53.0 Å². The molecule has 9 heteroatoms. The van der Waals surface area contributed by atoms with Crippen molar-refractivity contribution in [1.82, 2.24) is 15.3 Å². The van der Waals surface area contributed by atoms with Gasteiger partial charge in [-0.2, -0.15) is 0 Å². The third-order valence-corrected chi connectivity index (χ3v) is 7.22. The molecule has 0 bridgehead atoms. The van der Waals surface area contributed by atoms with Gasteiger partial charge in [-0.25, -0.2) is 14.8 Å². The van der Waals surface area contributed by atoms with Crippen molar-refractivity contribution < 1.29 is 14.3 Å². The molecular weight excluding hydrogens is 444 g/mol. The van der Waals surface area contributed by atoms with Crippen LogP contribution in [0.3, 0.4) is 0 Å². The number of nitrogens with zero attached hydrogens (tertiary/aromatic N) is 2. The lowest BCUT2D eigenvalue weighted by molar-refractivity contribution is -0.155. The first-order valence-corrected chi connectivity index (χ1v) is 11.9. The van der Waals surface area contributed by atoms with E-state index in [1.54, 1.807) is 22.7 Å². The van der Waals surface area contributed by atoms with Gasteiger partial charge in [0.25, 0.3) is 0 Å². The van der Waals surface area contributed by atoms with Gasteiger partial charge in [-0.15, -0.1) is 22.7 Å². The Bertz CT molecular complexity index is 1310. The Morgan fingerprint density at radius 2 is 2.19 bits per heavy atom. The van der Waals surface area contributed by atoms with Gasteiger partial charge in [0.2, 0.25) is 0 Å². The van der Waals surface area contributed by atoms with Crippen LogP contribution in [-0.2, 0) is 14.3 Å². The molecule has 2 unspecified atom stereocenters. The number of aromatic nitrogens is 2. The summed E-state index contributed by atoms with van der Waals surface area (Å²) in [5.41, 5.74) is 6.04. The number of rotatable bonds is 6. The molecule has 5 rings (SSSR count). The van der Waals surface area contributed by atoms with Gasteiger partial charge in [0.15, 0.2) is 6.23 Å². The van der Waals surface area contributed by atoms with Crippen LogP contribution in [0.2, 0.25) is 0 Å². The Balaban J connectivity index is 1.39. The van der Waals surface area contributed by atoms with Crippen LogP contribution >= 0.6 is 22.7 Å². The fraction of sp³-hybridized carbons (Fsp3) is 0.261. The number of esters is 1. The third-order valence-electron chi connectivity index (χ3n) is 5.32. The van der Waals surface area contributed by atoms with E-state index in [-0.39, 0.29) is 24.8 Å². The minimum atomic E-state index is -0.369. The number of hydrogen-bond donors (Lipinski definition) is 2. The van der Waals surface area contributed by atoms with E-state index in [1.807, 2.05) is 17.8 Å². The second-order valence-corrected chi connectivity index (χ2v) is 9.46. The zero-order valence-electron chi connectivity index (χ0n) is 17.6. The lowest BCUT2D eigenvalue weighted by atomic mass is 10.0. The van der Waals surface area contributed by atoms with Crippen LogP contribution in [0.4, 0.5) is 11.4 Å². The highest BCUT2D eigenvalue weighted by atomic mass is 32.1. The molecule has 3 aromatic heterocycles. The number of thiazole rings is 1. The van der Waals surface area contributed by atoms with Crippen molar-refractivity contribution in [3.63, 3.8) is 0 Å². The largest absolute Gasteiger partial charge is 0.445 e. The first-order valence-electron chi connectivity index (χ1n) is 10.2. The van der Waals surface area contributed by atoms with Gasteiger partial charge in [-0.3, -0.25) is 5.32 Å². The maximum absolute atomic E-state index is 11.7. The summed E-state index contributed by atoms with van der Waals surface area (Å²) in [6.45, 7) is 2.03. The topological polar surface area (TPSA) is 85.4 Å². The second kappa shape index (κ2) is 8.95. The van der Waals surface area contributed by atoms with E-state index in [0.717, 1.165) is 32.0 Å². The SMILES string of the molecule is COCC(=O)OC1CC=C(c2cc3c(Nc4ccc5scnc5c4)ccnc3s2)C(C)N1. The molecule has 4 heterocycles. The number of thiophene rings is 1. The van der Waals surface area contributed by atoms with Crippen molar-refractivity contribution >= 4 is 66.0 Å². The highest BCUT2D eigenvalue weighted by molar-refractivity contribution is 7.19. The minimum Gasteiger partial charge on any atom is -0.445 e. The Morgan fingerprint density at radius 1 is 1.28 bits per heavy atom. The number of benzene rings is 1. The first kappa shape index (κ1) is 21.0. The highest BCUT2D eigenvalue weighted by Crippen LogP contribution is 2.37. The maximum atomic E-state index is 11.7. The minimum absolute atomic E-state index is 0.0423. The lowest BCUT2D eigenvalue weighted by Gasteiger charge is -2.28. The van der Waals surface area contributed by atoms with E-state index >= 15 is 0 Å². The van der Waals surface area contributed by atoms with Crippen molar-refractivity contribution in [2.75, 3.05) is 19.0 Å². The molecule has 0 saturated heterocycles. The molecule has 0 aliphatic carbocycles. The van der Waals surface area contributed by atoms with E-state index in [0.29, 0.717) is 6.42 Å². The third kappa shape index (κ3) is 4.24. The standard InChI is InChI=1S/C23H22N4O3S2/c1-13-15(4-6-21(26-13)30-22(28)11-29-2)20-10-16-17(7-8-24-23(16)32-20)27-14-3-5-19-18(9-14)25-12-31-19/h3-5,7-10,12-13,21,26H,6,11H2,1-2H3,(H,24,27). The van der Waals surface area contributed by atoms with Crippen molar-refractivity contribution in [2.45, 2.75) is 25.6 Å². The molecule has 0 spiro atoms. The number of carbonyl (C=O) groups excluding carboxylic acids is 1. The molecule has 1 aliphatic heterocycles. The van der Waals surface area contributed by atoms with Crippen LogP contribution in [0.25, 0.3) is 26.0 Å². The molecule has 0 radical (unpaired) electrons.